The topological polar surface area (TPSA) is 105 Å². The first-order valence-electron chi connectivity index (χ1n) is 7.37. The number of carbonyl (C=O) groups is 1. The van der Waals surface area contributed by atoms with Gasteiger partial charge in [0.1, 0.15) is 0 Å². The number of nitrogens with two attached hydrogens (primary N) is 2. The van der Waals surface area contributed by atoms with Gasteiger partial charge in [0, 0.05) is 29.7 Å². The summed E-state index contributed by atoms with van der Waals surface area (Å²) in [4.78, 5) is 10.4. The van der Waals surface area contributed by atoms with Gasteiger partial charge >= 0.3 is 29.6 Å². The molecule has 0 unspecified atom stereocenters. The third-order valence-electron chi connectivity index (χ3n) is 2.63. The molecule has 1 aliphatic rings. The molecule has 0 atom stereocenters. The normalized spacial score (nSPS) is 10.7. The van der Waals surface area contributed by atoms with Crippen molar-refractivity contribution in [3.05, 3.63) is 96.3 Å². The van der Waals surface area contributed by atoms with Gasteiger partial charge in [-0.15, -0.1) is 0 Å². The average molecular weight is 421 g/mol. The van der Waals surface area contributed by atoms with Gasteiger partial charge in [-0.2, -0.15) is 0 Å². The van der Waals surface area contributed by atoms with Crippen molar-refractivity contribution < 1.29 is 9.90 Å². The molecule has 0 amide bonds. The van der Waals surface area contributed by atoms with Gasteiger partial charge in [-0.1, -0.05) is 66.2 Å². The molecule has 0 saturated heterocycles. The fourth-order valence-electron chi connectivity index (χ4n) is 1.49. The Labute approximate surface area is 191 Å². The van der Waals surface area contributed by atoms with E-state index >= 15 is 0 Å². The van der Waals surface area contributed by atoms with Crippen molar-refractivity contribution in [1.82, 2.24) is 9.74 Å². The SMILES string of the molecule is Cc1ccccc1.NN.O=C(Cl)c1ccccc1.OC1=CN(Cl)C=CN1.[NaH]. The van der Waals surface area contributed by atoms with E-state index < -0.39 is 5.24 Å². The molecule has 1 aliphatic heterocycles. The second kappa shape index (κ2) is 17.9. The fourth-order valence-corrected chi connectivity index (χ4v) is 1.77. The summed E-state index contributed by atoms with van der Waals surface area (Å²) in [6.45, 7) is 2.08. The molecule has 27 heavy (non-hydrogen) atoms. The number of hydrogen-bond donors (Lipinski definition) is 4. The maximum atomic E-state index is 10.4. The average Bonchev–Trinajstić information content (AvgIpc) is 2.66. The van der Waals surface area contributed by atoms with E-state index in [1.807, 2.05) is 24.3 Å². The number of halogens is 2. The molecule has 6 N–H and O–H groups in total. The van der Waals surface area contributed by atoms with Gasteiger partial charge in [0.2, 0.25) is 5.88 Å². The van der Waals surface area contributed by atoms with Crippen LogP contribution >= 0.6 is 23.4 Å². The number of benzene rings is 2. The molecule has 0 aliphatic carbocycles. The van der Waals surface area contributed by atoms with Crippen molar-refractivity contribution in [2.24, 2.45) is 11.7 Å². The second-order valence-corrected chi connectivity index (χ2v) is 5.35. The molecule has 9 heteroatoms. The van der Waals surface area contributed by atoms with Crippen molar-refractivity contribution in [3.8, 4) is 0 Å². The number of carbonyl (C=O) groups excluding carboxylic acids is 1. The van der Waals surface area contributed by atoms with Crippen molar-refractivity contribution in [2.75, 3.05) is 0 Å². The number of aryl methyl sites for hydroxylation is 1. The van der Waals surface area contributed by atoms with Crippen molar-refractivity contribution in [1.29, 1.82) is 0 Å². The van der Waals surface area contributed by atoms with Crippen LogP contribution in [0.4, 0.5) is 0 Å². The molecule has 0 bridgehead atoms. The number of nitrogens with one attached hydrogen (secondary N) is 1. The molecule has 0 fully saturated rings. The molecular formula is C18H23Cl2N4NaO2. The van der Waals surface area contributed by atoms with Gasteiger partial charge < -0.3 is 10.4 Å². The van der Waals surface area contributed by atoms with Crippen LogP contribution in [0.1, 0.15) is 15.9 Å². The van der Waals surface area contributed by atoms with Crippen LogP contribution in [0, 0.1) is 6.92 Å². The zero-order valence-electron chi connectivity index (χ0n) is 14.2. The van der Waals surface area contributed by atoms with Gasteiger partial charge in [0.25, 0.3) is 5.24 Å². The molecule has 2 aromatic carbocycles. The van der Waals surface area contributed by atoms with E-state index in [-0.39, 0.29) is 35.4 Å². The van der Waals surface area contributed by atoms with E-state index in [0.29, 0.717) is 5.56 Å². The molecule has 0 saturated carbocycles. The quantitative estimate of drug-likeness (QED) is 0.186. The van der Waals surface area contributed by atoms with Crippen LogP contribution in [-0.2, 0) is 0 Å². The molecule has 0 spiro atoms. The zero-order chi connectivity index (χ0) is 19.8. The van der Waals surface area contributed by atoms with Crippen molar-refractivity contribution in [2.45, 2.75) is 6.92 Å². The van der Waals surface area contributed by atoms with E-state index in [9.17, 15) is 4.79 Å². The zero-order valence-corrected chi connectivity index (χ0v) is 15.7. The van der Waals surface area contributed by atoms with Crippen LogP contribution in [-0.4, -0.2) is 44.3 Å². The summed E-state index contributed by atoms with van der Waals surface area (Å²) in [7, 11) is 0. The number of rotatable bonds is 1. The van der Waals surface area contributed by atoms with E-state index in [2.05, 4.69) is 36.1 Å². The van der Waals surface area contributed by atoms with Gasteiger partial charge in [-0.05, 0) is 18.5 Å². The summed E-state index contributed by atoms with van der Waals surface area (Å²) in [6, 6.07) is 19.0. The predicted octanol–water partition coefficient (Wildman–Crippen LogP) is 3.10. The number of aliphatic hydroxyl groups excluding tert-OH is 1. The van der Waals surface area contributed by atoms with E-state index in [1.54, 1.807) is 30.5 Å². The van der Waals surface area contributed by atoms with Gasteiger partial charge in [-0.3, -0.25) is 20.9 Å². The van der Waals surface area contributed by atoms with Gasteiger partial charge in [0.05, 0.1) is 6.20 Å². The summed E-state index contributed by atoms with van der Waals surface area (Å²) in [5, 5.41) is 10.8. The van der Waals surface area contributed by atoms with Crippen LogP contribution in [0.5, 0.6) is 0 Å². The molecule has 1 heterocycles. The first-order chi connectivity index (χ1) is 12.5. The Balaban J connectivity index is 0. The Hall–Kier alpha value is -1.51. The molecular weight excluding hydrogens is 398 g/mol. The Morgan fingerprint density at radius 3 is 1.78 bits per heavy atom. The number of aliphatic hydroxyl groups is 1. The summed E-state index contributed by atoms with van der Waals surface area (Å²) >= 11 is 10.5. The van der Waals surface area contributed by atoms with Crippen LogP contribution in [0.15, 0.2) is 85.1 Å². The van der Waals surface area contributed by atoms with Crippen LogP contribution < -0.4 is 17.0 Å². The third kappa shape index (κ3) is 15.3. The van der Waals surface area contributed by atoms with Crippen molar-refractivity contribution in [3.63, 3.8) is 0 Å². The Morgan fingerprint density at radius 2 is 1.52 bits per heavy atom. The summed E-state index contributed by atoms with van der Waals surface area (Å²) in [5.74, 6) is 8.04. The van der Waals surface area contributed by atoms with Crippen LogP contribution in [0.25, 0.3) is 0 Å². The van der Waals surface area contributed by atoms with Crippen LogP contribution in [0.3, 0.4) is 0 Å². The molecule has 3 rings (SSSR count). The first kappa shape index (κ1) is 27.7. The predicted molar refractivity (Wildman–Crippen MR) is 114 cm³/mol. The Morgan fingerprint density at radius 1 is 1.04 bits per heavy atom. The van der Waals surface area contributed by atoms with E-state index in [1.165, 1.54) is 22.4 Å². The standard InChI is InChI=1S/C7H5ClO.C7H8.C4H5ClN2O.H4N2.Na.H/c8-7(9)6-4-2-1-3-5-6;1-7-5-3-2-4-6-7;5-7-2-1-6-4(8)3-7;1-2;;/h1-5H;2-6H,1H3;1-3,6,8H;1-2H2;;. The second-order valence-electron chi connectivity index (χ2n) is 4.61. The Kier molecular flexibility index (Phi) is 18.3. The third-order valence-corrected chi connectivity index (χ3v) is 3.06. The molecule has 0 aromatic heterocycles. The molecule has 142 valence electrons. The minimum atomic E-state index is -0.407. The van der Waals surface area contributed by atoms with E-state index in [4.69, 9.17) is 28.5 Å². The van der Waals surface area contributed by atoms with Gasteiger partial charge in [0.15, 0.2) is 0 Å². The monoisotopic (exact) mass is 420 g/mol. The first-order valence-corrected chi connectivity index (χ1v) is 8.08. The summed E-state index contributed by atoms with van der Waals surface area (Å²) in [6.07, 6.45) is 4.45. The fraction of sp³-hybridized carbons (Fsp3) is 0.0556. The molecule has 0 radical (unpaired) electrons. The van der Waals surface area contributed by atoms with E-state index in [0.717, 1.165) is 0 Å². The maximum absolute atomic E-state index is 10.4. The summed E-state index contributed by atoms with van der Waals surface area (Å²) in [5.41, 5.74) is 1.86. The Bertz CT molecular complexity index is 686. The minimum absolute atomic E-state index is 0. The van der Waals surface area contributed by atoms with Crippen molar-refractivity contribution >= 4 is 58.2 Å². The molecule has 2 aromatic rings. The number of nitrogens with zero attached hydrogens (tertiary/aromatic N) is 1. The van der Waals surface area contributed by atoms with Gasteiger partial charge in [-0.25, -0.2) is 0 Å². The molecule has 6 nitrogen and oxygen atoms in total. The summed E-state index contributed by atoms with van der Waals surface area (Å²) < 4.78 is 1.23. The number of hydrogen-bond acceptors (Lipinski definition) is 6. The number of hydrazine groups is 1. The van der Waals surface area contributed by atoms with Crippen LogP contribution in [0.2, 0.25) is 0 Å².